The van der Waals surface area contributed by atoms with E-state index in [-0.39, 0.29) is 11.7 Å². The van der Waals surface area contributed by atoms with Gasteiger partial charge in [-0.2, -0.15) is 11.8 Å². The van der Waals surface area contributed by atoms with E-state index in [0.29, 0.717) is 11.5 Å². The number of amides is 1. The summed E-state index contributed by atoms with van der Waals surface area (Å²) in [6, 6.07) is 5.41. The third-order valence-electron chi connectivity index (χ3n) is 4.69. The second-order valence-corrected chi connectivity index (χ2v) is 7.36. The molecule has 2 aliphatic heterocycles. The van der Waals surface area contributed by atoms with Gasteiger partial charge in [-0.05, 0) is 37.5 Å². The van der Waals surface area contributed by atoms with Crippen LogP contribution in [0.1, 0.15) is 18.4 Å². The number of piperidine rings is 1. The summed E-state index contributed by atoms with van der Waals surface area (Å²) in [5.74, 6) is 2.45. The Hall–Kier alpha value is -1.23. The van der Waals surface area contributed by atoms with Crippen molar-refractivity contribution in [2.45, 2.75) is 19.8 Å². The van der Waals surface area contributed by atoms with E-state index in [2.05, 4.69) is 4.90 Å². The summed E-state index contributed by atoms with van der Waals surface area (Å²) in [6.07, 6.45) is 1.75. The van der Waals surface area contributed by atoms with Crippen molar-refractivity contribution in [3.63, 3.8) is 0 Å². The van der Waals surface area contributed by atoms with Crippen LogP contribution in [0.2, 0.25) is 0 Å². The molecule has 0 atom stereocenters. The first kappa shape index (κ1) is 15.7. The zero-order valence-corrected chi connectivity index (χ0v) is 13.9. The van der Waals surface area contributed by atoms with Crippen LogP contribution >= 0.6 is 11.8 Å². The number of hydrogen-bond donors (Lipinski definition) is 0. The fourth-order valence-corrected chi connectivity index (χ4v) is 4.11. The molecule has 0 aromatic heterocycles. The highest BCUT2D eigenvalue weighted by atomic mass is 32.2. The maximum absolute atomic E-state index is 13.7. The molecule has 1 aromatic rings. The molecule has 0 saturated carbocycles. The summed E-state index contributed by atoms with van der Waals surface area (Å²) < 4.78 is 13.7. The van der Waals surface area contributed by atoms with E-state index in [0.717, 1.165) is 56.2 Å². The smallest absolute Gasteiger partial charge is 0.225 e. The quantitative estimate of drug-likeness (QED) is 0.836. The Morgan fingerprint density at radius 1 is 1.18 bits per heavy atom. The van der Waals surface area contributed by atoms with Crippen LogP contribution in [0.4, 0.5) is 10.1 Å². The average molecular weight is 322 g/mol. The van der Waals surface area contributed by atoms with Crippen molar-refractivity contribution >= 4 is 23.4 Å². The third-order valence-corrected chi connectivity index (χ3v) is 5.63. The molecule has 120 valence electrons. The molecule has 1 amide bonds. The van der Waals surface area contributed by atoms with E-state index < -0.39 is 0 Å². The third kappa shape index (κ3) is 3.40. The Bertz CT molecular complexity index is 537. The maximum Gasteiger partial charge on any atom is 0.225 e. The van der Waals surface area contributed by atoms with Gasteiger partial charge in [-0.15, -0.1) is 0 Å². The van der Waals surface area contributed by atoms with Crippen molar-refractivity contribution in [2.24, 2.45) is 5.92 Å². The van der Waals surface area contributed by atoms with E-state index in [9.17, 15) is 9.18 Å². The average Bonchev–Trinajstić information content (AvgIpc) is 2.58. The van der Waals surface area contributed by atoms with Gasteiger partial charge in [0.05, 0.1) is 0 Å². The molecule has 2 fully saturated rings. The van der Waals surface area contributed by atoms with Gasteiger partial charge in [0.15, 0.2) is 0 Å². The van der Waals surface area contributed by atoms with Crippen molar-refractivity contribution in [3.05, 3.63) is 29.6 Å². The molecule has 5 heteroatoms. The van der Waals surface area contributed by atoms with Gasteiger partial charge in [0.1, 0.15) is 5.82 Å². The van der Waals surface area contributed by atoms with Crippen LogP contribution in [0.3, 0.4) is 0 Å². The lowest BCUT2D eigenvalue weighted by atomic mass is 9.94. The highest BCUT2D eigenvalue weighted by molar-refractivity contribution is 7.99. The Kier molecular flexibility index (Phi) is 4.91. The Morgan fingerprint density at radius 2 is 1.86 bits per heavy atom. The van der Waals surface area contributed by atoms with Crippen LogP contribution < -0.4 is 4.90 Å². The molecule has 2 saturated heterocycles. The van der Waals surface area contributed by atoms with E-state index in [4.69, 9.17) is 0 Å². The van der Waals surface area contributed by atoms with E-state index in [1.807, 2.05) is 28.8 Å². The number of halogens is 1. The monoisotopic (exact) mass is 322 g/mol. The second kappa shape index (κ2) is 6.90. The second-order valence-electron chi connectivity index (χ2n) is 6.13. The number of carbonyl (C=O) groups is 1. The molecule has 0 spiro atoms. The molecule has 0 unspecified atom stereocenters. The summed E-state index contributed by atoms with van der Waals surface area (Å²) in [4.78, 5) is 16.8. The van der Waals surface area contributed by atoms with E-state index in [1.54, 1.807) is 13.0 Å². The molecule has 2 aliphatic rings. The number of anilines is 1. The van der Waals surface area contributed by atoms with Crippen molar-refractivity contribution < 1.29 is 9.18 Å². The Balaban J connectivity index is 1.57. The predicted molar refractivity (Wildman–Crippen MR) is 90.0 cm³/mol. The number of thioether (sulfide) groups is 1. The first-order valence-corrected chi connectivity index (χ1v) is 9.18. The minimum atomic E-state index is -0.151. The number of benzene rings is 1. The number of rotatable bonds is 2. The van der Waals surface area contributed by atoms with Crippen LogP contribution in [0.15, 0.2) is 18.2 Å². The molecule has 1 aromatic carbocycles. The molecule has 3 rings (SSSR count). The molecule has 3 nitrogen and oxygen atoms in total. The zero-order chi connectivity index (χ0) is 15.5. The Labute approximate surface area is 135 Å². The molecule has 0 N–H and O–H groups in total. The summed E-state index contributed by atoms with van der Waals surface area (Å²) in [5.41, 5.74) is 1.61. The van der Waals surface area contributed by atoms with Gasteiger partial charge in [-0.1, -0.05) is 6.07 Å². The van der Waals surface area contributed by atoms with Crippen LogP contribution in [-0.4, -0.2) is 48.5 Å². The van der Waals surface area contributed by atoms with Crippen LogP contribution in [0, 0.1) is 18.7 Å². The summed E-state index contributed by atoms with van der Waals surface area (Å²) in [5, 5.41) is 0. The zero-order valence-electron chi connectivity index (χ0n) is 13.1. The first-order valence-electron chi connectivity index (χ1n) is 8.03. The number of aryl methyl sites for hydroxylation is 1. The van der Waals surface area contributed by atoms with Gasteiger partial charge >= 0.3 is 0 Å². The summed E-state index contributed by atoms with van der Waals surface area (Å²) in [7, 11) is 0. The maximum atomic E-state index is 13.7. The lowest BCUT2D eigenvalue weighted by Crippen LogP contribution is -2.45. The molecule has 2 heterocycles. The van der Waals surface area contributed by atoms with E-state index in [1.165, 1.54) is 0 Å². The topological polar surface area (TPSA) is 23.6 Å². The predicted octanol–water partition coefficient (Wildman–Crippen LogP) is 2.93. The number of nitrogens with zero attached hydrogens (tertiary/aromatic N) is 2. The first-order chi connectivity index (χ1) is 10.6. The molecule has 22 heavy (non-hydrogen) atoms. The van der Waals surface area contributed by atoms with Gasteiger partial charge in [0.25, 0.3) is 0 Å². The normalized spacial score (nSPS) is 20.3. The highest BCUT2D eigenvalue weighted by Crippen LogP contribution is 2.26. The molecular weight excluding hydrogens is 299 g/mol. The van der Waals surface area contributed by atoms with E-state index >= 15 is 0 Å². The minimum Gasteiger partial charge on any atom is -0.371 e. The van der Waals surface area contributed by atoms with Crippen molar-refractivity contribution in [1.29, 1.82) is 0 Å². The van der Waals surface area contributed by atoms with Crippen LogP contribution in [0.25, 0.3) is 0 Å². The Morgan fingerprint density at radius 3 is 2.50 bits per heavy atom. The fraction of sp³-hybridized carbons (Fsp3) is 0.588. The number of carbonyl (C=O) groups excluding carboxylic acids is 1. The molecular formula is C17H23FN2OS. The summed E-state index contributed by atoms with van der Waals surface area (Å²) in [6.45, 7) is 5.24. The SMILES string of the molecule is Cc1ccc(N2CCC(C(=O)N3CCSCC3)CC2)cc1F. The number of hydrogen-bond acceptors (Lipinski definition) is 3. The molecule has 0 bridgehead atoms. The fourth-order valence-electron chi connectivity index (χ4n) is 3.21. The van der Waals surface area contributed by atoms with Crippen molar-refractivity contribution in [2.75, 3.05) is 42.6 Å². The molecule has 0 aliphatic carbocycles. The standard InChI is InChI=1S/C17H23FN2OS/c1-13-2-3-15(12-16(13)18)19-6-4-14(5-7-19)17(21)20-8-10-22-11-9-20/h2-3,12,14H,4-11H2,1H3. The minimum absolute atomic E-state index is 0.148. The van der Waals surface area contributed by atoms with Crippen molar-refractivity contribution in [3.8, 4) is 0 Å². The van der Waals surface area contributed by atoms with Crippen LogP contribution in [-0.2, 0) is 4.79 Å². The highest BCUT2D eigenvalue weighted by Gasteiger charge is 2.29. The van der Waals surface area contributed by atoms with Crippen LogP contribution in [0.5, 0.6) is 0 Å². The molecule has 0 radical (unpaired) electrons. The lowest BCUT2D eigenvalue weighted by molar-refractivity contribution is -0.135. The summed E-state index contributed by atoms with van der Waals surface area (Å²) >= 11 is 1.93. The van der Waals surface area contributed by atoms with Gasteiger partial charge in [-0.3, -0.25) is 4.79 Å². The van der Waals surface area contributed by atoms with Crippen molar-refractivity contribution in [1.82, 2.24) is 4.90 Å². The van der Waals surface area contributed by atoms with Gasteiger partial charge in [0, 0.05) is 49.3 Å². The largest absolute Gasteiger partial charge is 0.371 e. The lowest BCUT2D eigenvalue weighted by Gasteiger charge is -2.36. The van der Waals surface area contributed by atoms with Gasteiger partial charge < -0.3 is 9.80 Å². The van der Waals surface area contributed by atoms with Gasteiger partial charge in [0.2, 0.25) is 5.91 Å². The van der Waals surface area contributed by atoms with Gasteiger partial charge in [-0.25, -0.2) is 4.39 Å².